The molecule has 0 atom stereocenters. The summed E-state index contributed by atoms with van der Waals surface area (Å²) in [4.78, 5) is 19.6. The molecule has 0 amide bonds. The number of carboxylic acid groups (broad SMARTS) is 1. The van der Waals surface area contributed by atoms with Gasteiger partial charge in [0.1, 0.15) is 5.75 Å². The van der Waals surface area contributed by atoms with E-state index in [1.165, 1.54) is 28.9 Å². The molecule has 0 fully saturated rings. The fourth-order valence-corrected chi connectivity index (χ4v) is 2.23. The summed E-state index contributed by atoms with van der Waals surface area (Å²) in [5.41, 5.74) is 4.03. The number of benzene rings is 1. The van der Waals surface area contributed by atoms with E-state index in [2.05, 4.69) is 44.6 Å². The second kappa shape index (κ2) is 15.0. The fourth-order valence-electron chi connectivity index (χ4n) is 2.23. The molecular weight excluding hydrogens is 374 g/mol. The Labute approximate surface area is 172 Å². The Morgan fingerprint density at radius 1 is 1.00 bits per heavy atom. The predicted molar refractivity (Wildman–Crippen MR) is 114 cm³/mol. The van der Waals surface area contributed by atoms with Crippen LogP contribution in [0.15, 0.2) is 59.2 Å². The summed E-state index contributed by atoms with van der Waals surface area (Å²) >= 11 is 0. The fraction of sp³-hybridized carbons (Fsp3) is 0.409. The molecule has 1 aromatic rings. The van der Waals surface area contributed by atoms with Gasteiger partial charge in [0.15, 0.2) is 0 Å². The summed E-state index contributed by atoms with van der Waals surface area (Å²) in [6.45, 7) is 8.71. The Morgan fingerprint density at radius 2 is 1.52 bits per heavy atom. The van der Waals surface area contributed by atoms with Crippen molar-refractivity contribution in [2.75, 3.05) is 6.61 Å². The lowest BCUT2D eigenvalue weighted by atomic mass is 10.1. The van der Waals surface area contributed by atoms with Crippen molar-refractivity contribution in [1.29, 1.82) is 0 Å². The molecule has 0 aliphatic heterocycles. The lowest BCUT2D eigenvalue weighted by Crippen LogP contribution is -2.02. The molecule has 0 heterocycles. The zero-order chi connectivity index (χ0) is 22.2. The van der Waals surface area contributed by atoms with E-state index < -0.39 is 11.1 Å². The average Bonchev–Trinajstić information content (AvgIpc) is 2.62. The maximum atomic E-state index is 10.2. The average molecular weight is 405 g/mol. The molecular formula is C22H31NO6. The Bertz CT molecular complexity index is 728. The van der Waals surface area contributed by atoms with Gasteiger partial charge in [0.05, 0.1) is 11.5 Å². The van der Waals surface area contributed by atoms with Crippen LogP contribution >= 0.6 is 0 Å². The molecule has 160 valence electrons. The minimum Gasteiger partial charge on any atom is -0.449 e. The van der Waals surface area contributed by atoms with Crippen molar-refractivity contribution >= 4 is 11.8 Å². The second-order valence-corrected chi connectivity index (χ2v) is 6.76. The highest BCUT2D eigenvalue weighted by Crippen LogP contribution is 2.17. The molecule has 0 radical (unpaired) electrons. The molecule has 7 heteroatoms. The van der Waals surface area contributed by atoms with Crippen LogP contribution in [0.4, 0.5) is 10.5 Å². The largest absolute Gasteiger partial charge is 0.511 e. The molecule has 0 saturated heterocycles. The first-order valence-electron chi connectivity index (χ1n) is 9.36. The van der Waals surface area contributed by atoms with Gasteiger partial charge in [-0.25, -0.2) is 4.79 Å². The van der Waals surface area contributed by atoms with Crippen LogP contribution in [-0.4, -0.2) is 27.9 Å². The maximum absolute atomic E-state index is 10.2. The Hall–Kier alpha value is -2.93. The predicted octanol–water partition coefficient (Wildman–Crippen LogP) is 6.05. The Balaban J connectivity index is 0.000000551. The maximum Gasteiger partial charge on any atom is 0.511 e. The van der Waals surface area contributed by atoms with Gasteiger partial charge in [-0.05, 0) is 65.5 Å². The molecule has 2 N–H and O–H groups in total. The van der Waals surface area contributed by atoms with Gasteiger partial charge in [-0.2, -0.15) is 0 Å². The zero-order valence-electron chi connectivity index (χ0n) is 17.6. The van der Waals surface area contributed by atoms with Gasteiger partial charge in [-0.1, -0.05) is 34.9 Å². The van der Waals surface area contributed by atoms with E-state index in [1.807, 2.05) is 6.08 Å². The number of rotatable bonds is 9. The van der Waals surface area contributed by atoms with Crippen LogP contribution < -0.4 is 4.74 Å². The molecule has 0 unspecified atom stereocenters. The quantitative estimate of drug-likeness (QED) is 0.170. The van der Waals surface area contributed by atoms with Crippen LogP contribution in [0.25, 0.3) is 0 Å². The minimum absolute atomic E-state index is 0.0538. The van der Waals surface area contributed by atoms with Crippen LogP contribution in [0.2, 0.25) is 0 Å². The highest BCUT2D eigenvalue weighted by Gasteiger charge is 2.05. The molecule has 1 rings (SSSR count). The minimum atomic E-state index is -1.45. The van der Waals surface area contributed by atoms with Gasteiger partial charge in [-0.3, -0.25) is 10.1 Å². The number of aliphatic hydroxyl groups excluding tert-OH is 1. The van der Waals surface area contributed by atoms with Gasteiger partial charge >= 0.3 is 6.16 Å². The van der Waals surface area contributed by atoms with E-state index in [0.29, 0.717) is 0 Å². The number of non-ortho nitro benzene ring substituents is 1. The van der Waals surface area contributed by atoms with E-state index in [-0.39, 0.29) is 18.0 Å². The number of nitrogens with zero attached hydrogens (tertiary/aromatic N) is 1. The third kappa shape index (κ3) is 14.8. The van der Waals surface area contributed by atoms with E-state index in [9.17, 15) is 14.9 Å². The summed E-state index contributed by atoms with van der Waals surface area (Å²) in [6.07, 6.45) is 9.48. The summed E-state index contributed by atoms with van der Waals surface area (Å²) in [7, 11) is 0. The molecule has 0 saturated carbocycles. The number of nitro benzene ring substituents is 1. The van der Waals surface area contributed by atoms with E-state index >= 15 is 0 Å². The molecule has 0 aliphatic carbocycles. The Kier molecular flexibility index (Phi) is 13.5. The van der Waals surface area contributed by atoms with Crippen LogP contribution in [0.5, 0.6) is 5.75 Å². The molecule has 29 heavy (non-hydrogen) atoms. The summed E-state index contributed by atoms with van der Waals surface area (Å²) in [5, 5.41) is 27.1. The molecule has 0 bridgehead atoms. The summed E-state index contributed by atoms with van der Waals surface area (Å²) < 4.78 is 4.24. The monoisotopic (exact) mass is 405 g/mol. The first-order valence-corrected chi connectivity index (χ1v) is 9.36. The molecule has 0 spiro atoms. The number of nitro groups is 1. The van der Waals surface area contributed by atoms with Crippen molar-refractivity contribution < 1.29 is 24.7 Å². The SMILES string of the molecule is CC(C)=CCCC(C)=CCCC(C)=CCO.O=C(O)Oc1ccc([N+](=O)[O-])cc1. The van der Waals surface area contributed by atoms with Gasteiger partial charge in [0.25, 0.3) is 5.69 Å². The normalized spacial score (nSPS) is 11.2. The van der Waals surface area contributed by atoms with Crippen molar-refractivity contribution in [2.45, 2.75) is 53.4 Å². The highest BCUT2D eigenvalue weighted by atomic mass is 16.7. The van der Waals surface area contributed by atoms with Crippen LogP contribution in [0.3, 0.4) is 0 Å². The van der Waals surface area contributed by atoms with Crippen molar-refractivity contribution in [3.8, 4) is 5.75 Å². The third-order valence-electron chi connectivity index (χ3n) is 3.82. The van der Waals surface area contributed by atoms with E-state index in [1.54, 1.807) is 0 Å². The van der Waals surface area contributed by atoms with Crippen LogP contribution in [-0.2, 0) is 0 Å². The van der Waals surface area contributed by atoms with Crippen LogP contribution in [0.1, 0.15) is 53.4 Å². The number of hydrogen-bond donors (Lipinski definition) is 2. The number of aliphatic hydroxyl groups is 1. The van der Waals surface area contributed by atoms with Gasteiger partial charge in [0, 0.05) is 12.1 Å². The number of ether oxygens (including phenoxy) is 1. The van der Waals surface area contributed by atoms with E-state index in [0.717, 1.165) is 37.8 Å². The topological polar surface area (TPSA) is 110 Å². The molecule has 0 aliphatic rings. The van der Waals surface area contributed by atoms with Crippen molar-refractivity contribution in [2.24, 2.45) is 0 Å². The number of hydrogen-bond acceptors (Lipinski definition) is 5. The van der Waals surface area contributed by atoms with E-state index in [4.69, 9.17) is 10.2 Å². The number of carbonyl (C=O) groups is 1. The molecule has 0 aromatic heterocycles. The van der Waals surface area contributed by atoms with Crippen molar-refractivity contribution in [1.82, 2.24) is 0 Å². The van der Waals surface area contributed by atoms with Crippen LogP contribution in [0, 0.1) is 10.1 Å². The first-order chi connectivity index (χ1) is 13.6. The summed E-state index contributed by atoms with van der Waals surface area (Å²) in [6, 6.07) is 4.76. The first kappa shape index (κ1) is 26.1. The Morgan fingerprint density at radius 3 is 1.97 bits per heavy atom. The van der Waals surface area contributed by atoms with Crippen molar-refractivity contribution in [3.63, 3.8) is 0 Å². The number of allylic oxidation sites excluding steroid dienone is 5. The lowest BCUT2D eigenvalue weighted by Gasteiger charge is -2.00. The second-order valence-electron chi connectivity index (χ2n) is 6.76. The standard InChI is InChI=1S/C15H26O.C7H5NO5/c1-13(2)7-5-8-14(3)9-6-10-15(4)11-12-16;9-7(10)13-6-3-1-5(2-4-6)8(11)12/h7,9,11,16H,5-6,8,10,12H2,1-4H3;1-4H,(H,9,10). The molecule has 7 nitrogen and oxygen atoms in total. The molecule has 1 aromatic carbocycles. The van der Waals surface area contributed by atoms with Gasteiger partial charge in [0.2, 0.25) is 0 Å². The summed E-state index contributed by atoms with van der Waals surface area (Å²) in [5.74, 6) is 0.0538. The zero-order valence-corrected chi connectivity index (χ0v) is 17.6. The highest BCUT2D eigenvalue weighted by molar-refractivity contribution is 5.61. The third-order valence-corrected chi connectivity index (χ3v) is 3.82. The lowest BCUT2D eigenvalue weighted by molar-refractivity contribution is -0.384. The smallest absolute Gasteiger partial charge is 0.449 e. The van der Waals surface area contributed by atoms with Gasteiger partial charge < -0.3 is 14.9 Å². The van der Waals surface area contributed by atoms with Gasteiger partial charge in [-0.15, -0.1) is 0 Å². The van der Waals surface area contributed by atoms with Crippen molar-refractivity contribution in [3.05, 3.63) is 69.3 Å².